The zero-order chi connectivity index (χ0) is 66.1. The van der Waals surface area contributed by atoms with Crippen LogP contribution in [0.4, 0.5) is 0 Å². The van der Waals surface area contributed by atoms with Gasteiger partial charge in [-0.25, -0.2) is 9.13 Å². The number of esters is 4. The Morgan fingerprint density at radius 1 is 0.281 bits per heavy atom. The normalized spacial score (nSPS) is 14.3. The highest BCUT2D eigenvalue weighted by Gasteiger charge is 2.30. The minimum Gasteiger partial charge on any atom is -0.462 e. The van der Waals surface area contributed by atoms with Crippen LogP contribution in [-0.2, 0) is 65.4 Å². The van der Waals surface area contributed by atoms with Crippen LogP contribution >= 0.6 is 15.6 Å². The third-order valence-electron chi connectivity index (χ3n) is 16.1. The van der Waals surface area contributed by atoms with Crippen molar-refractivity contribution in [2.75, 3.05) is 39.6 Å². The number of aliphatic hydroxyl groups excluding tert-OH is 1. The van der Waals surface area contributed by atoms with Crippen LogP contribution in [0, 0.1) is 23.7 Å². The standard InChI is InChI=1S/C70H136O17P2/c1-60(2)46-38-30-22-18-15-13-11-9-10-12-14-16-20-24-36-44-52-69(74)86-65(56-80-67(72)50-42-34-28-26-32-40-48-62(5)6)58-84-88(76,77)82-54-64(71)55-83-89(78,79)85-59-66(57-81-68(73)51-43-35-29-27-33-41-49-63(7)8)87-70(75)53-45-37-25-21-17-19-23-31-39-47-61(3)4/h60-66,71H,9-59H2,1-8H3,(H,76,77)(H,78,79)/t64-,65-,66-/m1/s1. The van der Waals surface area contributed by atoms with E-state index in [1.807, 2.05) is 0 Å². The number of rotatable bonds is 67. The van der Waals surface area contributed by atoms with E-state index in [1.165, 1.54) is 135 Å². The minimum atomic E-state index is -4.95. The minimum absolute atomic E-state index is 0.104. The molecule has 0 saturated carbocycles. The van der Waals surface area contributed by atoms with Crippen molar-refractivity contribution in [2.24, 2.45) is 23.7 Å². The number of phosphoric ester groups is 2. The zero-order valence-electron chi connectivity index (χ0n) is 58.1. The van der Waals surface area contributed by atoms with Crippen molar-refractivity contribution in [3.05, 3.63) is 0 Å². The van der Waals surface area contributed by atoms with E-state index in [0.717, 1.165) is 115 Å². The Morgan fingerprint density at radius 2 is 0.472 bits per heavy atom. The first-order valence-corrected chi connectivity index (χ1v) is 39.2. The molecule has 5 atom stereocenters. The number of carbonyl (C=O) groups excluding carboxylic acids is 4. The molecule has 0 aliphatic rings. The number of aliphatic hydroxyl groups is 1. The fraction of sp³-hybridized carbons (Fsp3) is 0.943. The fourth-order valence-electron chi connectivity index (χ4n) is 10.5. The van der Waals surface area contributed by atoms with Gasteiger partial charge >= 0.3 is 39.5 Å². The largest absolute Gasteiger partial charge is 0.472 e. The van der Waals surface area contributed by atoms with E-state index in [2.05, 4.69) is 55.4 Å². The number of unbranched alkanes of at least 4 members (excludes halogenated alkanes) is 33. The van der Waals surface area contributed by atoms with Crippen molar-refractivity contribution in [1.82, 2.24) is 0 Å². The van der Waals surface area contributed by atoms with Crippen molar-refractivity contribution < 1.29 is 80.2 Å². The predicted octanol–water partition coefficient (Wildman–Crippen LogP) is 19.7. The van der Waals surface area contributed by atoms with Gasteiger partial charge in [0.05, 0.1) is 26.4 Å². The van der Waals surface area contributed by atoms with E-state index >= 15 is 0 Å². The summed E-state index contributed by atoms with van der Waals surface area (Å²) in [7, 11) is -9.90. The molecule has 0 aromatic rings. The smallest absolute Gasteiger partial charge is 0.462 e. The second kappa shape index (κ2) is 59.8. The lowest BCUT2D eigenvalue weighted by Gasteiger charge is -2.21. The maximum atomic E-state index is 13.0. The van der Waals surface area contributed by atoms with Crippen LogP contribution in [0.15, 0.2) is 0 Å². The molecule has 89 heavy (non-hydrogen) atoms. The number of hydrogen-bond acceptors (Lipinski definition) is 15. The summed E-state index contributed by atoms with van der Waals surface area (Å²) >= 11 is 0. The first-order valence-electron chi connectivity index (χ1n) is 36.2. The maximum Gasteiger partial charge on any atom is 0.472 e. The van der Waals surface area contributed by atoms with Gasteiger partial charge in [0.25, 0.3) is 0 Å². The summed E-state index contributed by atoms with van der Waals surface area (Å²) in [5.41, 5.74) is 0. The van der Waals surface area contributed by atoms with Crippen LogP contribution < -0.4 is 0 Å². The van der Waals surface area contributed by atoms with Crippen LogP contribution in [0.5, 0.6) is 0 Å². The predicted molar refractivity (Wildman–Crippen MR) is 358 cm³/mol. The Bertz CT molecular complexity index is 1760. The molecule has 0 amide bonds. The zero-order valence-corrected chi connectivity index (χ0v) is 59.8. The van der Waals surface area contributed by atoms with Crippen LogP contribution in [0.3, 0.4) is 0 Å². The Kier molecular flexibility index (Phi) is 58.5. The second-order valence-corrected chi connectivity index (χ2v) is 30.1. The number of carbonyl (C=O) groups is 4. The molecule has 0 bridgehead atoms. The van der Waals surface area contributed by atoms with Gasteiger partial charge in [-0.1, -0.05) is 293 Å². The van der Waals surface area contributed by atoms with Gasteiger partial charge in [0, 0.05) is 25.7 Å². The summed E-state index contributed by atoms with van der Waals surface area (Å²) in [5, 5.41) is 10.6. The molecule has 528 valence electrons. The van der Waals surface area contributed by atoms with Gasteiger partial charge in [-0.2, -0.15) is 0 Å². The highest BCUT2D eigenvalue weighted by Crippen LogP contribution is 2.45. The molecule has 17 nitrogen and oxygen atoms in total. The van der Waals surface area contributed by atoms with E-state index in [0.29, 0.717) is 37.5 Å². The van der Waals surface area contributed by atoms with Gasteiger partial charge in [-0.3, -0.25) is 37.3 Å². The molecule has 0 rings (SSSR count). The van der Waals surface area contributed by atoms with Crippen molar-refractivity contribution >= 4 is 39.5 Å². The Morgan fingerprint density at radius 3 is 0.697 bits per heavy atom. The molecule has 0 fully saturated rings. The van der Waals surface area contributed by atoms with Gasteiger partial charge in [-0.05, 0) is 49.4 Å². The Labute approximate surface area is 543 Å². The lowest BCUT2D eigenvalue weighted by Crippen LogP contribution is -2.30. The number of phosphoric acid groups is 2. The first kappa shape index (κ1) is 87.1. The summed E-state index contributed by atoms with van der Waals surface area (Å²) in [6.45, 7) is 14.0. The molecule has 0 saturated heterocycles. The van der Waals surface area contributed by atoms with Crippen molar-refractivity contribution in [3.8, 4) is 0 Å². The maximum absolute atomic E-state index is 13.0. The lowest BCUT2D eigenvalue weighted by molar-refractivity contribution is -0.161. The molecule has 2 unspecified atom stereocenters. The quantitative estimate of drug-likeness (QED) is 0.0222. The molecule has 3 N–H and O–H groups in total. The molecule has 0 aliphatic carbocycles. The van der Waals surface area contributed by atoms with E-state index in [9.17, 15) is 43.2 Å². The third-order valence-corrected chi connectivity index (χ3v) is 18.0. The molecule has 19 heteroatoms. The topological polar surface area (TPSA) is 237 Å². The average molecular weight is 1310 g/mol. The van der Waals surface area contributed by atoms with Crippen LogP contribution in [0.25, 0.3) is 0 Å². The summed E-state index contributed by atoms with van der Waals surface area (Å²) in [5.74, 6) is 0.770. The van der Waals surface area contributed by atoms with Crippen LogP contribution in [0.2, 0.25) is 0 Å². The molecule has 0 spiro atoms. The van der Waals surface area contributed by atoms with Crippen molar-refractivity contribution in [3.63, 3.8) is 0 Å². The van der Waals surface area contributed by atoms with Crippen molar-refractivity contribution in [1.29, 1.82) is 0 Å². The number of ether oxygens (including phenoxy) is 4. The van der Waals surface area contributed by atoms with Crippen molar-refractivity contribution in [2.45, 2.75) is 363 Å². The first-order chi connectivity index (χ1) is 42.6. The summed E-state index contributed by atoms with van der Waals surface area (Å²) in [6, 6.07) is 0. The Hall–Kier alpha value is -1.94. The highest BCUT2D eigenvalue weighted by molar-refractivity contribution is 7.47. The molecule has 0 radical (unpaired) electrons. The fourth-order valence-corrected chi connectivity index (χ4v) is 12.1. The van der Waals surface area contributed by atoms with Gasteiger partial charge in [-0.15, -0.1) is 0 Å². The molecular weight excluding hydrogens is 1170 g/mol. The molecular formula is C70H136O17P2. The summed E-state index contributed by atoms with van der Waals surface area (Å²) in [4.78, 5) is 72.4. The van der Waals surface area contributed by atoms with Gasteiger partial charge in [0.2, 0.25) is 0 Å². The highest BCUT2D eigenvalue weighted by atomic mass is 31.2. The third kappa shape index (κ3) is 64.6. The number of hydrogen-bond donors (Lipinski definition) is 3. The SMILES string of the molecule is CC(C)CCCCCCCCCCCCCCCCCCC(=O)O[C@H](COC(=O)CCCCCCCCC(C)C)COP(=O)(O)OC[C@@H](O)COP(=O)(O)OC[C@@H](COC(=O)CCCCCCCCC(C)C)OC(=O)CCCCCCCCCCCC(C)C. The lowest BCUT2D eigenvalue weighted by atomic mass is 10.0. The van der Waals surface area contributed by atoms with E-state index in [4.69, 9.17) is 37.0 Å². The van der Waals surface area contributed by atoms with Gasteiger partial charge in [0.15, 0.2) is 12.2 Å². The van der Waals surface area contributed by atoms with Gasteiger partial charge < -0.3 is 33.8 Å². The monoisotopic (exact) mass is 1310 g/mol. The summed E-state index contributed by atoms with van der Waals surface area (Å²) < 4.78 is 68.2. The van der Waals surface area contributed by atoms with Gasteiger partial charge in [0.1, 0.15) is 19.3 Å². The van der Waals surface area contributed by atoms with E-state index in [-0.39, 0.29) is 25.7 Å². The van der Waals surface area contributed by atoms with E-state index in [1.54, 1.807) is 0 Å². The molecule has 0 aliphatic heterocycles. The van der Waals surface area contributed by atoms with E-state index < -0.39 is 97.5 Å². The Balaban J connectivity index is 5.18. The second-order valence-electron chi connectivity index (χ2n) is 27.2. The average Bonchev–Trinajstić information content (AvgIpc) is 3.70. The van der Waals surface area contributed by atoms with Crippen LogP contribution in [0.1, 0.15) is 344 Å². The molecule has 0 heterocycles. The molecule has 0 aromatic heterocycles. The van der Waals surface area contributed by atoms with Crippen LogP contribution in [-0.4, -0.2) is 96.7 Å². The summed E-state index contributed by atoms with van der Waals surface area (Å²) in [6.07, 6.45) is 42.1. The molecule has 0 aromatic carbocycles.